The van der Waals surface area contributed by atoms with E-state index in [0.717, 1.165) is 6.42 Å². The predicted molar refractivity (Wildman–Crippen MR) is 59.6 cm³/mol. The summed E-state index contributed by atoms with van der Waals surface area (Å²) in [7, 11) is 0. The highest BCUT2D eigenvalue weighted by atomic mass is 35.5. The molecule has 0 saturated heterocycles. The minimum absolute atomic E-state index is 0.0387. The van der Waals surface area contributed by atoms with Crippen LogP contribution in [0.2, 0.25) is 5.28 Å². The molecular weight excluding hydrogens is 230 g/mol. The van der Waals surface area contributed by atoms with E-state index in [0.29, 0.717) is 19.6 Å². The number of terminal acetylenes is 1. The number of halogens is 1. The lowest BCUT2D eigenvalue weighted by Gasteiger charge is -2.05. The van der Waals surface area contributed by atoms with Crippen LogP contribution in [0.1, 0.15) is 19.8 Å². The van der Waals surface area contributed by atoms with Crippen LogP contribution in [-0.2, 0) is 0 Å². The second-order valence-electron chi connectivity index (χ2n) is 2.82. The maximum atomic E-state index is 5.68. The van der Waals surface area contributed by atoms with E-state index in [1.807, 2.05) is 6.92 Å². The molecule has 16 heavy (non-hydrogen) atoms. The standard InChI is InChI=1S/C10H12ClN3O2/c1-3-5-7-16-10-13-8(11)12-9(14-10)15-6-4-2/h1H,4-7H2,2H3. The summed E-state index contributed by atoms with van der Waals surface area (Å²) in [4.78, 5) is 11.5. The third-order valence-electron chi connectivity index (χ3n) is 1.48. The smallest absolute Gasteiger partial charge is 0.323 e. The zero-order valence-electron chi connectivity index (χ0n) is 8.94. The van der Waals surface area contributed by atoms with Gasteiger partial charge in [-0.1, -0.05) is 6.92 Å². The second kappa shape index (κ2) is 6.85. The fraction of sp³-hybridized carbons (Fsp3) is 0.500. The Morgan fingerprint density at radius 3 is 2.38 bits per heavy atom. The number of rotatable bonds is 6. The molecule has 1 aromatic heterocycles. The Balaban J connectivity index is 2.62. The molecule has 5 nitrogen and oxygen atoms in total. The molecule has 0 atom stereocenters. The Hall–Kier alpha value is -1.54. The van der Waals surface area contributed by atoms with Crippen molar-refractivity contribution in [2.75, 3.05) is 13.2 Å². The van der Waals surface area contributed by atoms with Gasteiger partial charge in [0.15, 0.2) is 0 Å². The lowest BCUT2D eigenvalue weighted by Crippen LogP contribution is -2.05. The Morgan fingerprint density at radius 2 is 1.81 bits per heavy atom. The summed E-state index contributed by atoms with van der Waals surface area (Å²) in [6.45, 7) is 2.83. The van der Waals surface area contributed by atoms with Gasteiger partial charge in [-0.15, -0.1) is 17.3 Å². The lowest BCUT2D eigenvalue weighted by atomic mass is 10.5. The highest BCUT2D eigenvalue weighted by Gasteiger charge is 2.06. The lowest BCUT2D eigenvalue weighted by molar-refractivity contribution is 0.265. The zero-order valence-corrected chi connectivity index (χ0v) is 9.70. The first-order valence-electron chi connectivity index (χ1n) is 4.87. The van der Waals surface area contributed by atoms with Crippen molar-refractivity contribution in [2.45, 2.75) is 19.8 Å². The molecule has 1 aromatic rings. The molecule has 0 radical (unpaired) electrons. The number of nitrogens with zero attached hydrogens (tertiary/aromatic N) is 3. The van der Waals surface area contributed by atoms with E-state index in [-0.39, 0.29) is 17.3 Å². The van der Waals surface area contributed by atoms with E-state index in [1.54, 1.807) is 0 Å². The molecule has 1 heterocycles. The van der Waals surface area contributed by atoms with Gasteiger partial charge in [0.05, 0.1) is 6.61 Å². The van der Waals surface area contributed by atoms with E-state index < -0.39 is 0 Å². The summed E-state index contributed by atoms with van der Waals surface area (Å²) in [6, 6.07) is 0.291. The molecule has 0 aliphatic heterocycles. The number of hydrogen-bond donors (Lipinski definition) is 0. The molecule has 0 bridgehead atoms. The van der Waals surface area contributed by atoms with Gasteiger partial charge in [0.1, 0.15) is 6.61 Å². The maximum absolute atomic E-state index is 5.68. The maximum Gasteiger partial charge on any atom is 0.323 e. The summed E-state index contributed by atoms with van der Waals surface area (Å²) in [5.41, 5.74) is 0. The molecule has 0 fully saturated rings. The van der Waals surface area contributed by atoms with Crippen LogP contribution >= 0.6 is 11.6 Å². The summed E-state index contributed by atoms with van der Waals surface area (Å²) >= 11 is 5.68. The van der Waals surface area contributed by atoms with Crippen LogP contribution in [0.4, 0.5) is 0 Å². The van der Waals surface area contributed by atoms with E-state index in [1.165, 1.54) is 0 Å². The van der Waals surface area contributed by atoms with Crippen LogP contribution in [0.3, 0.4) is 0 Å². The Labute approximate surface area is 99.2 Å². The summed E-state index contributed by atoms with van der Waals surface area (Å²) in [5.74, 6) is 2.44. The third-order valence-corrected chi connectivity index (χ3v) is 1.65. The van der Waals surface area contributed by atoms with Gasteiger partial charge < -0.3 is 9.47 Å². The van der Waals surface area contributed by atoms with Crippen LogP contribution < -0.4 is 9.47 Å². The summed E-state index contributed by atoms with van der Waals surface area (Å²) < 4.78 is 10.4. The number of aromatic nitrogens is 3. The summed E-state index contributed by atoms with van der Waals surface area (Å²) in [5, 5.41) is 0.0387. The van der Waals surface area contributed by atoms with Crippen molar-refractivity contribution in [1.82, 2.24) is 15.0 Å². The quantitative estimate of drug-likeness (QED) is 0.561. The van der Waals surface area contributed by atoms with E-state index in [4.69, 9.17) is 27.5 Å². The molecule has 0 amide bonds. The molecule has 0 aliphatic rings. The highest BCUT2D eigenvalue weighted by Crippen LogP contribution is 2.13. The Morgan fingerprint density at radius 1 is 1.19 bits per heavy atom. The number of hydrogen-bond acceptors (Lipinski definition) is 5. The predicted octanol–water partition coefficient (Wildman–Crippen LogP) is 1.72. The van der Waals surface area contributed by atoms with Gasteiger partial charge in [0.2, 0.25) is 5.28 Å². The average molecular weight is 242 g/mol. The molecule has 1 rings (SSSR count). The van der Waals surface area contributed by atoms with E-state index in [9.17, 15) is 0 Å². The molecule has 0 N–H and O–H groups in total. The van der Waals surface area contributed by atoms with Crippen LogP contribution in [0, 0.1) is 12.3 Å². The molecule has 0 unspecified atom stereocenters. The minimum Gasteiger partial charge on any atom is -0.463 e. The van der Waals surface area contributed by atoms with Gasteiger partial charge in [-0.2, -0.15) is 9.97 Å². The molecule has 86 valence electrons. The monoisotopic (exact) mass is 241 g/mol. The van der Waals surface area contributed by atoms with Gasteiger partial charge in [-0.3, -0.25) is 0 Å². The van der Waals surface area contributed by atoms with Crippen LogP contribution in [0.15, 0.2) is 0 Å². The first-order valence-corrected chi connectivity index (χ1v) is 5.24. The van der Waals surface area contributed by atoms with Crippen molar-refractivity contribution >= 4 is 11.6 Å². The third kappa shape index (κ3) is 4.32. The topological polar surface area (TPSA) is 57.1 Å². The molecule has 0 spiro atoms. The molecule has 0 saturated carbocycles. The van der Waals surface area contributed by atoms with Gasteiger partial charge >= 0.3 is 12.0 Å². The van der Waals surface area contributed by atoms with Gasteiger partial charge in [-0.25, -0.2) is 0 Å². The van der Waals surface area contributed by atoms with Crippen LogP contribution in [-0.4, -0.2) is 28.2 Å². The number of ether oxygens (including phenoxy) is 2. The van der Waals surface area contributed by atoms with Crippen molar-refractivity contribution in [3.05, 3.63) is 5.28 Å². The van der Waals surface area contributed by atoms with Gasteiger partial charge in [0, 0.05) is 6.42 Å². The van der Waals surface area contributed by atoms with E-state index >= 15 is 0 Å². The van der Waals surface area contributed by atoms with Crippen LogP contribution in [0.5, 0.6) is 12.0 Å². The fourth-order valence-corrected chi connectivity index (χ4v) is 0.983. The van der Waals surface area contributed by atoms with Crippen molar-refractivity contribution in [3.8, 4) is 24.4 Å². The van der Waals surface area contributed by atoms with Gasteiger partial charge in [0.25, 0.3) is 0 Å². The van der Waals surface area contributed by atoms with Crippen molar-refractivity contribution in [1.29, 1.82) is 0 Å². The molecule has 6 heteroatoms. The first-order chi connectivity index (χ1) is 7.76. The molecular formula is C10H12ClN3O2. The van der Waals surface area contributed by atoms with E-state index in [2.05, 4.69) is 20.9 Å². The first kappa shape index (κ1) is 12.5. The second-order valence-corrected chi connectivity index (χ2v) is 3.16. The Bertz CT molecular complexity index is 379. The fourth-order valence-electron chi connectivity index (χ4n) is 0.838. The summed E-state index contributed by atoms with van der Waals surface area (Å²) in [6.07, 6.45) is 6.42. The highest BCUT2D eigenvalue weighted by molar-refractivity contribution is 6.28. The van der Waals surface area contributed by atoms with Crippen molar-refractivity contribution in [2.24, 2.45) is 0 Å². The largest absolute Gasteiger partial charge is 0.463 e. The minimum atomic E-state index is 0.0387. The van der Waals surface area contributed by atoms with Gasteiger partial charge in [-0.05, 0) is 18.0 Å². The van der Waals surface area contributed by atoms with Crippen molar-refractivity contribution in [3.63, 3.8) is 0 Å². The normalized spacial score (nSPS) is 9.56. The molecule has 0 aliphatic carbocycles. The molecule has 0 aromatic carbocycles. The Kier molecular flexibility index (Phi) is 5.37. The SMILES string of the molecule is C#CCCOc1nc(Cl)nc(OCCC)n1. The van der Waals surface area contributed by atoms with Crippen LogP contribution in [0.25, 0.3) is 0 Å². The average Bonchev–Trinajstić information content (AvgIpc) is 2.26. The zero-order chi connectivity index (χ0) is 11.8. The van der Waals surface area contributed by atoms with Crippen molar-refractivity contribution < 1.29 is 9.47 Å².